The molecule has 0 aromatic carbocycles. The highest BCUT2D eigenvalue weighted by Crippen LogP contribution is 2.17. The molecule has 0 radical (unpaired) electrons. The molecule has 0 bridgehead atoms. The second-order valence-corrected chi connectivity index (χ2v) is 7.49. The van der Waals surface area contributed by atoms with Gasteiger partial charge in [0.05, 0.1) is 6.20 Å². The van der Waals surface area contributed by atoms with Gasteiger partial charge in [-0.2, -0.15) is 5.10 Å². The van der Waals surface area contributed by atoms with Gasteiger partial charge in [-0.25, -0.2) is 13.1 Å². The Balaban J connectivity index is 2.59. The second kappa shape index (κ2) is 6.49. The summed E-state index contributed by atoms with van der Waals surface area (Å²) in [5.74, 6) is 0. The van der Waals surface area contributed by atoms with Crippen molar-refractivity contribution in [1.82, 2.24) is 14.5 Å². The van der Waals surface area contributed by atoms with Gasteiger partial charge in [0.1, 0.15) is 4.90 Å². The van der Waals surface area contributed by atoms with Crippen molar-refractivity contribution in [3.8, 4) is 0 Å². The zero-order chi connectivity index (χ0) is 14.5. The predicted octanol–water partition coefficient (Wildman–Crippen LogP) is 0.980. The predicted molar refractivity (Wildman–Crippen MR) is 73.2 cm³/mol. The van der Waals surface area contributed by atoms with Crippen LogP contribution in [-0.2, 0) is 16.6 Å². The average molecular weight is 289 g/mol. The standard InChI is InChI=1S/C12H23N3O3S/c1-12(2,3)5-6-14-19(17,18)11-9-13-15(10-11)7-4-8-16/h9-10,14,16H,4-8H2,1-3H3. The summed E-state index contributed by atoms with van der Waals surface area (Å²) in [5.41, 5.74) is 0.0911. The van der Waals surface area contributed by atoms with Crippen LogP contribution in [0.2, 0.25) is 0 Å². The molecule has 0 spiro atoms. The van der Waals surface area contributed by atoms with Crippen molar-refractivity contribution in [1.29, 1.82) is 0 Å². The van der Waals surface area contributed by atoms with Gasteiger partial charge in [0, 0.05) is 25.9 Å². The lowest BCUT2D eigenvalue weighted by atomic mass is 9.93. The molecular weight excluding hydrogens is 266 g/mol. The van der Waals surface area contributed by atoms with E-state index in [0.29, 0.717) is 19.5 Å². The van der Waals surface area contributed by atoms with Gasteiger partial charge in [0.15, 0.2) is 0 Å². The minimum absolute atomic E-state index is 0.0613. The molecule has 1 heterocycles. The van der Waals surface area contributed by atoms with Crippen LogP contribution >= 0.6 is 0 Å². The van der Waals surface area contributed by atoms with Gasteiger partial charge in [0.25, 0.3) is 0 Å². The van der Waals surface area contributed by atoms with E-state index < -0.39 is 10.0 Å². The van der Waals surface area contributed by atoms with E-state index in [-0.39, 0.29) is 16.9 Å². The molecule has 0 saturated heterocycles. The first-order chi connectivity index (χ1) is 8.74. The molecule has 0 aliphatic heterocycles. The highest BCUT2D eigenvalue weighted by molar-refractivity contribution is 7.89. The third-order valence-electron chi connectivity index (χ3n) is 2.63. The maximum Gasteiger partial charge on any atom is 0.243 e. The highest BCUT2D eigenvalue weighted by Gasteiger charge is 2.17. The Bertz CT molecular complexity index is 489. The van der Waals surface area contributed by atoms with E-state index in [0.717, 1.165) is 6.42 Å². The van der Waals surface area contributed by atoms with Gasteiger partial charge in [0.2, 0.25) is 10.0 Å². The number of nitrogens with one attached hydrogen (secondary N) is 1. The van der Waals surface area contributed by atoms with Crippen molar-refractivity contribution >= 4 is 10.0 Å². The molecule has 0 fully saturated rings. The molecule has 1 aromatic rings. The van der Waals surface area contributed by atoms with Crippen LogP contribution in [0.3, 0.4) is 0 Å². The Morgan fingerprint density at radius 2 is 2.11 bits per heavy atom. The van der Waals surface area contributed by atoms with E-state index in [1.54, 1.807) is 0 Å². The Morgan fingerprint density at radius 3 is 2.68 bits per heavy atom. The monoisotopic (exact) mass is 289 g/mol. The molecule has 0 amide bonds. The molecule has 7 heteroatoms. The van der Waals surface area contributed by atoms with Crippen LogP contribution in [0.1, 0.15) is 33.6 Å². The second-order valence-electron chi connectivity index (χ2n) is 5.72. The molecule has 0 aliphatic rings. The summed E-state index contributed by atoms with van der Waals surface area (Å²) >= 11 is 0. The first-order valence-electron chi connectivity index (χ1n) is 6.37. The number of aryl methyl sites for hydroxylation is 1. The van der Waals surface area contributed by atoms with Crippen LogP contribution in [-0.4, -0.2) is 36.5 Å². The molecule has 2 N–H and O–H groups in total. The van der Waals surface area contributed by atoms with Crippen molar-refractivity contribution in [2.45, 2.75) is 45.1 Å². The van der Waals surface area contributed by atoms with Gasteiger partial charge in [-0.15, -0.1) is 0 Å². The number of hydrogen-bond donors (Lipinski definition) is 2. The van der Waals surface area contributed by atoms with Gasteiger partial charge in [-0.05, 0) is 18.3 Å². The van der Waals surface area contributed by atoms with E-state index in [1.807, 2.05) is 0 Å². The average Bonchev–Trinajstić information content (AvgIpc) is 2.73. The number of nitrogens with zero attached hydrogens (tertiary/aromatic N) is 2. The molecule has 6 nitrogen and oxygen atoms in total. The Labute approximate surface area is 114 Å². The molecule has 0 aliphatic carbocycles. The van der Waals surface area contributed by atoms with Crippen molar-refractivity contribution in [3.05, 3.63) is 12.4 Å². The summed E-state index contributed by atoms with van der Waals surface area (Å²) in [4.78, 5) is 0.166. The van der Waals surface area contributed by atoms with Crippen molar-refractivity contribution in [3.63, 3.8) is 0 Å². The summed E-state index contributed by atoms with van der Waals surface area (Å²) in [6, 6.07) is 0. The maximum atomic E-state index is 12.0. The Kier molecular flexibility index (Phi) is 5.51. The van der Waals surface area contributed by atoms with E-state index in [9.17, 15) is 8.42 Å². The Morgan fingerprint density at radius 1 is 1.42 bits per heavy atom. The van der Waals surface area contributed by atoms with E-state index >= 15 is 0 Å². The lowest BCUT2D eigenvalue weighted by molar-refractivity contribution is 0.277. The number of aliphatic hydroxyl groups is 1. The first-order valence-corrected chi connectivity index (χ1v) is 7.86. The smallest absolute Gasteiger partial charge is 0.243 e. The summed E-state index contributed by atoms with van der Waals surface area (Å²) in [5, 5.41) is 12.7. The largest absolute Gasteiger partial charge is 0.396 e. The number of sulfonamides is 1. The third kappa shape index (κ3) is 5.71. The van der Waals surface area contributed by atoms with Crippen LogP contribution in [0, 0.1) is 5.41 Å². The van der Waals surface area contributed by atoms with Crippen LogP contribution < -0.4 is 4.72 Å². The molecule has 0 atom stereocenters. The zero-order valence-corrected chi connectivity index (χ0v) is 12.6. The van der Waals surface area contributed by atoms with Crippen molar-refractivity contribution in [2.24, 2.45) is 5.41 Å². The maximum absolute atomic E-state index is 12.0. The molecular formula is C12H23N3O3S. The van der Waals surface area contributed by atoms with Crippen molar-refractivity contribution in [2.75, 3.05) is 13.2 Å². The van der Waals surface area contributed by atoms with Gasteiger partial charge >= 0.3 is 0 Å². The lowest BCUT2D eigenvalue weighted by Gasteiger charge is -2.17. The molecule has 110 valence electrons. The minimum atomic E-state index is -3.48. The third-order valence-corrected chi connectivity index (χ3v) is 4.05. The lowest BCUT2D eigenvalue weighted by Crippen LogP contribution is -2.27. The fourth-order valence-corrected chi connectivity index (χ4v) is 2.47. The van der Waals surface area contributed by atoms with Gasteiger partial charge in [-0.3, -0.25) is 4.68 Å². The molecule has 0 saturated carbocycles. The van der Waals surface area contributed by atoms with Crippen LogP contribution in [0.15, 0.2) is 17.3 Å². The number of rotatable bonds is 7. The Hall–Kier alpha value is -0.920. The van der Waals surface area contributed by atoms with Crippen LogP contribution in [0.25, 0.3) is 0 Å². The minimum Gasteiger partial charge on any atom is -0.396 e. The molecule has 0 unspecified atom stereocenters. The number of hydrogen-bond acceptors (Lipinski definition) is 4. The number of aromatic nitrogens is 2. The van der Waals surface area contributed by atoms with E-state index in [4.69, 9.17) is 5.11 Å². The topological polar surface area (TPSA) is 84.2 Å². The summed E-state index contributed by atoms with van der Waals surface area (Å²) in [6.45, 7) is 7.17. The van der Waals surface area contributed by atoms with Crippen LogP contribution in [0.5, 0.6) is 0 Å². The normalized spacial score (nSPS) is 12.8. The van der Waals surface area contributed by atoms with Crippen molar-refractivity contribution < 1.29 is 13.5 Å². The fraction of sp³-hybridized carbons (Fsp3) is 0.750. The summed E-state index contributed by atoms with van der Waals surface area (Å²) in [7, 11) is -3.48. The molecule has 1 rings (SSSR count). The SMILES string of the molecule is CC(C)(C)CCNS(=O)(=O)c1cnn(CCCO)c1. The number of aliphatic hydroxyl groups excluding tert-OH is 1. The summed E-state index contributed by atoms with van der Waals surface area (Å²) in [6.07, 6.45) is 4.13. The molecule has 1 aromatic heterocycles. The quantitative estimate of drug-likeness (QED) is 0.783. The van der Waals surface area contributed by atoms with Crippen LogP contribution in [0.4, 0.5) is 0 Å². The fourth-order valence-electron chi connectivity index (χ4n) is 1.48. The van der Waals surface area contributed by atoms with Gasteiger partial charge in [-0.1, -0.05) is 20.8 Å². The van der Waals surface area contributed by atoms with E-state index in [1.165, 1.54) is 17.1 Å². The first kappa shape index (κ1) is 16.1. The summed E-state index contributed by atoms with van der Waals surface area (Å²) < 4.78 is 28.1. The van der Waals surface area contributed by atoms with Gasteiger partial charge < -0.3 is 5.11 Å². The van der Waals surface area contributed by atoms with E-state index in [2.05, 4.69) is 30.6 Å². The zero-order valence-electron chi connectivity index (χ0n) is 11.8. The highest BCUT2D eigenvalue weighted by atomic mass is 32.2. The molecule has 19 heavy (non-hydrogen) atoms.